The smallest absolute Gasteiger partial charge is 0.537 e. The molecule has 1 aromatic carbocycles. The lowest BCUT2D eigenvalue weighted by molar-refractivity contribution is 0.366. The van der Waals surface area contributed by atoms with E-state index in [0.717, 1.165) is 5.75 Å². The van der Waals surface area contributed by atoms with Crippen LogP contribution >= 0.6 is 0 Å². The number of benzene rings is 1. The van der Waals surface area contributed by atoms with Crippen LogP contribution in [0.3, 0.4) is 0 Å². The van der Waals surface area contributed by atoms with Crippen LogP contribution < -0.4 is 4.65 Å². The highest BCUT2D eigenvalue weighted by Crippen LogP contribution is 2.10. The first-order chi connectivity index (χ1) is 5.33. The Labute approximate surface area is 67.4 Å². The van der Waals surface area contributed by atoms with Gasteiger partial charge in [-0.3, -0.25) is 0 Å². The second-order valence-corrected chi connectivity index (χ2v) is 2.26. The first-order valence-electron chi connectivity index (χ1n) is 3.41. The van der Waals surface area contributed by atoms with Crippen molar-refractivity contribution in [3.05, 3.63) is 29.8 Å². The molecular weight excluding hydrogens is 139 g/mol. The molecule has 0 aliphatic rings. The van der Waals surface area contributed by atoms with E-state index in [2.05, 4.69) is 4.65 Å². The largest absolute Gasteiger partial charge is 0.572 e. The van der Waals surface area contributed by atoms with Gasteiger partial charge in [0, 0.05) is 7.11 Å². The number of rotatable bonds is 3. The maximum Gasteiger partial charge on any atom is 0.572 e. The fourth-order valence-corrected chi connectivity index (χ4v) is 0.721. The normalized spacial score (nSPS) is 9.27. The molecule has 0 aromatic heterocycles. The third-order valence-electron chi connectivity index (χ3n) is 1.30. The summed E-state index contributed by atoms with van der Waals surface area (Å²) in [4.78, 5) is 0. The predicted octanol–water partition coefficient (Wildman–Crippen LogP) is 1.55. The van der Waals surface area contributed by atoms with Gasteiger partial charge in [0.05, 0.1) is 5.75 Å². The second-order valence-electron chi connectivity index (χ2n) is 2.26. The van der Waals surface area contributed by atoms with Crippen LogP contribution in [0.1, 0.15) is 5.56 Å². The van der Waals surface area contributed by atoms with Crippen LogP contribution in [0.5, 0.6) is 5.75 Å². The summed E-state index contributed by atoms with van der Waals surface area (Å²) in [6.45, 7) is 2.03. The SMILES string of the molecule is CO[B]Oc1ccc(C)cc1. The Morgan fingerprint density at radius 3 is 2.36 bits per heavy atom. The van der Waals surface area contributed by atoms with Crippen molar-refractivity contribution in [3.8, 4) is 5.75 Å². The second kappa shape index (κ2) is 4.03. The molecular formula is C8H10BO2. The molecule has 0 unspecified atom stereocenters. The van der Waals surface area contributed by atoms with Crippen molar-refractivity contribution >= 4 is 7.69 Å². The molecule has 0 aliphatic heterocycles. The van der Waals surface area contributed by atoms with Gasteiger partial charge in [-0.1, -0.05) is 17.7 Å². The highest BCUT2D eigenvalue weighted by Gasteiger charge is 1.93. The van der Waals surface area contributed by atoms with Gasteiger partial charge in [0.2, 0.25) is 0 Å². The maximum atomic E-state index is 5.06. The lowest BCUT2D eigenvalue weighted by atomic mass is 10.2. The average molecular weight is 149 g/mol. The fourth-order valence-electron chi connectivity index (χ4n) is 0.721. The molecule has 1 aromatic rings. The molecule has 1 rings (SSSR count). The molecule has 0 fully saturated rings. The minimum absolute atomic E-state index is 0.789. The van der Waals surface area contributed by atoms with Crippen LogP contribution in [0.15, 0.2) is 24.3 Å². The van der Waals surface area contributed by atoms with Crippen LogP contribution in [0.4, 0.5) is 0 Å². The predicted molar refractivity (Wildman–Crippen MR) is 44.6 cm³/mol. The molecule has 0 aliphatic carbocycles. The van der Waals surface area contributed by atoms with Crippen LogP contribution in [-0.2, 0) is 4.65 Å². The van der Waals surface area contributed by atoms with Crippen molar-refractivity contribution in [3.63, 3.8) is 0 Å². The monoisotopic (exact) mass is 149 g/mol. The fraction of sp³-hybridized carbons (Fsp3) is 0.250. The maximum absolute atomic E-state index is 5.06. The van der Waals surface area contributed by atoms with E-state index >= 15 is 0 Å². The Hall–Kier alpha value is -0.955. The van der Waals surface area contributed by atoms with Gasteiger partial charge in [0.15, 0.2) is 0 Å². The molecule has 3 heteroatoms. The molecule has 0 atom stereocenters. The summed E-state index contributed by atoms with van der Waals surface area (Å²) < 4.78 is 9.69. The summed E-state index contributed by atoms with van der Waals surface area (Å²) >= 11 is 0. The van der Waals surface area contributed by atoms with Crippen molar-refractivity contribution < 1.29 is 9.31 Å². The lowest BCUT2D eigenvalue weighted by Crippen LogP contribution is -2.03. The van der Waals surface area contributed by atoms with Gasteiger partial charge in [-0.2, -0.15) is 0 Å². The Kier molecular flexibility index (Phi) is 2.99. The molecule has 0 spiro atoms. The molecule has 0 saturated carbocycles. The van der Waals surface area contributed by atoms with E-state index in [1.54, 1.807) is 7.11 Å². The topological polar surface area (TPSA) is 18.5 Å². The molecule has 0 N–H and O–H groups in total. The standard InChI is InChI=1S/C8H10BO2/c1-7-3-5-8(6-4-7)11-9-10-2/h3-6H,1-2H3. The molecule has 1 radical (unpaired) electrons. The molecule has 0 saturated heterocycles. The summed E-state index contributed by atoms with van der Waals surface area (Å²) in [6.07, 6.45) is 0. The number of hydrogen-bond acceptors (Lipinski definition) is 2. The number of hydrogen-bond donors (Lipinski definition) is 0. The van der Waals surface area contributed by atoms with Crippen molar-refractivity contribution in [2.75, 3.05) is 7.11 Å². The third kappa shape index (κ3) is 2.64. The van der Waals surface area contributed by atoms with Crippen molar-refractivity contribution in [2.24, 2.45) is 0 Å². The van der Waals surface area contributed by atoms with E-state index in [1.165, 1.54) is 13.2 Å². The van der Waals surface area contributed by atoms with E-state index in [1.807, 2.05) is 31.2 Å². The van der Waals surface area contributed by atoms with Crippen LogP contribution in [-0.4, -0.2) is 14.8 Å². The van der Waals surface area contributed by atoms with E-state index in [4.69, 9.17) is 4.65 Å². The first-order valence-corrected chi connectivity index (χ1v) is 3.41. The van der Waals surface area contributed by atoms with Crippen LogP contribution in [0.2, 0.25) is 0 Å². The zero-order chi connectivity index (χ0) is 8.10. The quantitative estimate of drug-likeness (QED) is 0.607. The van der Waals surface area contributed by atoms with Gasteiger partial charge in [-0.05, 0) is 19.1 Å². The first kappa shape index (κ1) is 8.14. The Morgan fingerprint density at radius 2 is 1.82 bits per heavy atom. The highest BCUT2D eigenvalue weighted by atomic mass is 16.6. The molecule has 57 valence electrons. The summed E-state index contributed by atoms with van der Waals surface area (Å²) in [5, 5.41) is 0. The lowest BCUT2D eigenvalue weighted by Gasteiger charge is -2.01. The summed E-state index contributed by atoms with van der Waals surface area (Å²) in [5.74, 6) is 0.789. The van der Waals surface area contributed by atoms with Gasteiger partial charge < -0.3 is 9.31 Å². The summed E-state index contributed by atoms with van der Waals surface area (Å²) in [5.41, 5.74) is 1.22. The Morgan fingerprint density at radius 1 is 1.18 bits per heavy atom. The third-order valence-corrected chi connectivity index (χ3v) is 1.30. The van der Waals surface area contributed by atoms with Gasteiger partial charge in [0.1, 0.15) is 0 Å². The van der Waals surface area contributed by atoms with Crippen molar-refractivity contribution in [1.29, 1.82) is 0 Å². The molecule has 0 bridgehead atoms. The Balaban J connectivity index is 2.52. The van der Waals surface area contributed by atoms with Crippen LogP contribution in [0, 0.1) is 6.92 Å². The zero-order valence-electron chi connectivity index (χ0n) is 6.70. The summed E-state index contributed by atoms with van der Waals surface area (Å²) in [7, 11) is 2.85. The van der Waals surface area contributed by atoms with Gasteiger partial charge in [-0.15, -0.1) is 0 Å². The van der Waals surface area contributed by atoms with E-state index in [0.29, 0.717) is 0 Å². The van der Waals surface area contributed by atoms with E-state index < -0.39 is 0 Å². The van der Waals surface area contributed by atoms with Gasteiger partial charge in [-0.25, -0.2) is 0 Å². The van der Waals surface area contributed by atoms with Crippen LogP contribution in [0.25, 0.3) is 0 Å². The van der Waals surface area contributed by atoms with E-state index in [9.17, 15) is 0 Å². The van der Waals surface area contributed by atoms with Gasteiger partial charge in [0.25, 0.3) is 0 Å². The molecule has 11 heavy (non-hydrogen) atoms. The van der Waals surface area contributed by atoms with Crippen molar-refractivity contribution in [1.82, 2.24) is 0 Å². The Bertz CT molecular complexity index is 208. The molecule has 0 heterocycles. The summed E-state index contributed by atoms with van der Waals surface area (Å²) in [6, 6.07) is 7.76. The average Bonchev–Trinajstić information content (AvgIpc) is 2.04. The minimum Gasteiger partial charge on any atom is -0.537 e. The van der Waals surface area contributed by atoms with Crippen molar-refractivity contribution in [2.45, 2.75) is 6.92 Å². The van der Waals surface area contributed by atoms with E-state index in [-0.39, 0.29) is 0 Å². The van der Waals surface area contributed by atoms with Gasteiger partial charge >= 0.3 is 7.69 Å². The zero-order valence-corrected chi connectivity index (χ0v) is 6.70. The molecule has 0 amide bonds. The highest BCUT2D eigenvalue weighted by molar-refractivity contribution is 6.19. The molecule has 2 nitrogen and oxygen atoms in total. The number of aryl methyl sites for hydroxylation is 1. The minimum atomic E-state index is 0.789.